The fourth-order valence-corrected chi connectivity index (χ4v) is 2.91. The minimum atomic E-state index is 0.867. The second kappa shape index (κ2) is 9.07. The summed E-state index contributed by atoms with van der Waals surface area (Å²) in [7, 11) is 0. The highest BCUT2D eigenvalue weighted by Crippen LogP contribution is 2.28. The van der Waals surface area contributed by atoms with Crippen LogP contribution in [0.25, 0.3) is 0 Å². The van der Waals surface area contributed by atoms with E-state index < -0.39 is 0 Å². The van der Waals surface area contributed by atoms with Gasteiger partial charge in [0.15, 0.2) is 0 Å². The molecular weight excluding hydrogens is 192 g/mol. The largest absolute Gasteiger partial charge is 0.0654 e. The first-order chi connectivity index (χ1) is 7.51. The standard InChI is InChI=1S/C16H34/c1-7-9-15(12-13(3)4)10-11-16(8-2)14(5)6/h13-16H,7-12H2,1-6H3. The molecule has 0 aromatic rings. The molecule has 2 unspecified atom stereocenters. The molecule has 0 aromatic carbocycles. The molecule has 0 heteroatoms. The van der Waals surface area contributed by atoms with Crippen LogP contribution in [-0.4, -0.2) is 0 Å². The summed E-state index contributed by atoms with van der Waals surface area (Å²) < 4.78 is 0. The van der Waals surface area contributed by atoms with Crippen LogP contribution in [0.2, 0.25) is 0 Å². The van der Waals surface area contributed by atoms with Crippen LogP contribution < -0.4 is 0 Å². The van der Waals surface area contributed by atoms with Gasteiger partial charge in [-0.25, -0.2) is 0 Å². The van der Waals surface area contributed by atoms with Crippen molar-refractivity contribution in [1.82, 2.24) is 0 Å². The van der Waals surface area contributed by atoms with Gasteiger partial charge in [-0.15, -0.1) is 0 Å². The summed E-state index contributed by atoms with van der Waals surface area (Å²) in [5.41, 5.74) is 0. The average Bonchev–Trinajstić information content (AvgIpc) is 2.17. The normalized spacial score (nSPS) is 15.8. The first kappa shape index (κ1) is 16.0. The zero-order valence-electron chi connectivity index (χ0n) is 12.6. The highest BCUT2D eigenvalue weighted by molar-refractivity contribution is 4.67. The average molecular weight is 226 g/mol. The third kappa shape index (κ3) is 7.30. The van der Waals surface area contributed by atoms with Crippen molar-refractivity contribution in [2.75, 3.05) is 0 Å². The minimum Gasteiger partial charge on any atom is -0.0654 e. The van der Waals surface area contributed by atoms with Gasteiger partial charge in [-0.05, 0) is 36.5 Å². The van der Waals surface area contributed by atoms with E-state index in [-0.39, 0.29) is 0 Å². The predicted octanol–water partition coefficient (Wildman–Crippen LogP) is 5.91. The fourth-order valence-electron chi connectivity index (χ4n) is 2.91. The van der Waals surface area contributed by atoms with Gasteiger partial charge in [0.25, 0.3) is 0 Å². The van der Waals surface area contributed by atoms with E-state index in [2.05, 4.69) is 41.5 Å². The Labute approximate surface area is 104 Å². The van der Waals surface area contributed by atoms with Crippen molar-refractivity contribution in [1.29, 1.82) is 0 Å². The van der Waals surface area contributed by atoms with Crippen LogP contribution in [0, 0.1) is 23.7 Å². The van der Waals surface area contributed by atoms with Crippen LogP contribution in [-0.2, 0) is 0 Å². The number of hydrogen-bond acceptors (Lipinski definition) is 0. The minimum absolute atomic E-state index is 0.867. The molecule has 2 atom stereocenters. The van der Waals surface area contributed by atoms with Crippen molar-refractivity contribution in [3.05, 3.63) is 0 Å². The van der Waals surface area contributed by atoms with Gasteiger partial charge < -0.3 is 0 Å². The molecule has 0 N–H and O–H groups in total. The smallest absolute Gasteiger partial charge is 0.0394 e. The van der Waals surface area contributed by atoms with Gasteiger partial charge in [0.2, 0.25) is 0 Å². The Kier molecular flexibility index (Phi) is 9.07. The van der Waals surface area contributed by atoms with E-state index in [1.54, 1.807) is 0 Å². The van der Waals surface area contributed by atoms with Crippen molar-refractivity contribution >= 4 is 0 Å². The zero-order valence-corrected chi connectivity index (χ0v) is 12.6. The van der Waals surface area contributed by atoms with Crippen LogP contribution in [0.4, 0.5) is 0 Å². The quantitative estimate of drug-likeness (QED) is 0.458. The predicted molar refractivity (Wildman–Crippen MR) is 75.7 cm³/mol. The lowest BCUT2D eigenvalue weighted by molar-refractivity contribution is 0.281. The molecule has 0 aliphatic carbocycles. The monoisotopic (exact) mass is 226 g/mol. The van der Waals surface area contributed by atoms with E-state index >= 15 is 0 Å². The van der Waals surface area contributed by atoms with Crippen molar-refractivity contribution in [3.8, 4) is 0 Å². The fraction of sp³-hybridized carbons (Fsp3) is 1.00. The van der Waals surface area contributed by atoms with Crippen molar-refractivity contribution in [3.63, 3.8) is 0 Å². The summed E-state index contributed by atoms with van der Waals surface area (Å²) in [6, 6.07) is 0. The summed E-state index contributed by atoms with van der Waals surface area (Å²) >= 11 is 0. The van der Waals surface area contributed by atoms with Crippen LogP contribution in [0.5, 0.6) is 0 Å². The molecule has 0 saturated carbocycles. The van der Waals surface area contributed by atoms with Crippen molar-refractivity contribution in [2.24, 2.45) is 23.7 Å². The van der Waals surface area contributed by atoms with Gasteiger partial charge >= 0.3 is 0 Å². The Hall–Kier alpha value is 0. The molecule has 0 spiro atoms. The first-order valence-corrected chi connectivity index (χ1v) is 7.51. The highest BCUT2D eigenvalue weighted by atomic mass is 14.2. The van der Waals surface area contributed by atoms with E-state index in [1.165, 1.54) is 38.5 Å². The van der Waals surface area contributed by atoms with E-state index in [0.717, 1.165) is 23.7 Å². The molecule has 16 heavy (non-hydrogen) atoms. The Balaban J connectivity index is 3.98. The summed E-state index contributed by atoms with van der Waals surface area (Å²) in [6.45, 7) is 14.2. The van der Waals surface area contributed by atoms with Crippen LogP contribution in [0.1, 0.15) is 80.1 Å². The molecule has 0 aromatic heterocycles. The first-order valence-electron chi connectivity index (χ1n) is 7.51. The van der Waals surface area contributed by atoms with E-state index in [1.807, 2.05) is 0 Å². The third-order valence-electron chi connectivity index (χ3n) is 3.91. The Morgan fingerprint density at radius 3 is 1.81 bits per heavy atom. The SMILES string of the molecule is CCCC(CCC(CC)C(C)C)CC(C)C. The molecule has 0 aliphatic rings. The number of rotatable bonds is 9. The molecule has 0 radical (unpaired) electrons. The van der Waals surface area contributed by atoms with Gasteiger partial charge in [0, 0.05) is 0 Å². The molecule has 0 amide bonds. The Morgan fingerprint density at radius 2 is 1.44 bits per heavy atom. The third-order valence-corrected chi connectivity index (χ3v) is 3.91. The molecule has 0 saturated heterocycles. The van der Waals surface area contributed by atoms with Gasteiger partial charge in [-0.2, -0.15) is 0 Å². The van der Waals surface area contributed by atoms with Crippen molar-refractivity contribution < 1.29 is 0 Å². The second-order valence-corrected chi connectivity index (χ2v) is 6.27. The topological polar surface area (TPSA) is 0 Å². The summed E-state index contributed by atoms with van der Waals surface area (Å²) in [5.74, 6) is 3.67. The molecule has 0 fully saturated rings. The number of hydrogen-bond donors (Lipinski definition) is 0. The zero-order chi connectivity index (χ0) is 12.6. The maximum absolute atomic E-state index is 2.38. The molecular formula is C16H34. The second-order valence-electron chi connectivity index (χ2n) is 6.27. The Bertz CT molecular complexity index is 146. The lowest BCUT2D eigenvalue weighted by Gasteiger charge is -2.23. The molecule has 0 bridgehead atoms. The molecule has 0 nitrogen and oxygen atoms in total. The van der Waals surface area contributed by atoms with E-state index in [4.69, 9.17) is 0 Å². The lowest BCUT2D eigenvalue weighted by Crippen LogP contribution is -2.11. The van der Waals surface area contributed by atoms with Gasteiger partial charge in [0.1, 0.15) is 0 Å². The summed E-state index contributed by atoms with van der Waals surface area (Å²) in [5, 5.41) is 0. The van der Waals surface area contributed by atoms with Crippen LogP contribution in [0.15, 0.2) is 0 Å². The molecule has 98 valence electrons. The maximum atomic E-state index is 2.38. The Morgan fingerprint density at radius 1 is 0.812 bits per heavy atom. The van der Waals surface area contributed by atoms with Gasteiger partial charge in [-0.3, -0.25) is 0 Å². The molecule has 0 heterocycles. The van der Waals surface area contributed by atoms with Gasteiger partial charge in [0.05, 0.1) is 0 Å². The maximum Gasteiger partial charge on any atom is -0.0394 e. The van der Waals surface area contributed by atoms with Gasteiger partial charge in [-0.1, -0.05) is 67.2 Å². The molecule has 0 rings (SSSR count). The summed E-state index contributed by atoms with van der Waals surface area (Å²) in [6.07, 6.45) is 8.50. The molecule has 0 aliphatic heterocycles. The highest BCUT2D eigenvalue weighted by Gasteiger charge is 2.15. The lowest BCUT2D eigenvalue weighted by atomic mass is 9.82. The van der Waals surface area contributed by atoms with Crippen LogP contribution in [0.3, 0.4) is 0 Å². The van der Waals surface area contributed by atoms with Crippen LogP contribution >= 0.6 is 0 Å². The van der Waals surface area contributed by atoms with Crippen molar-refractivity contribution in [2.45, 2.75) is 80.1 Å². The summed E-state index contributed by atoms with van der Waals surface area (Å²) in [4.78, 5) is 0. The van der Waals surface area contributed by atoms with E-state index in [9.17, 15) is 0 Å². The van der Waals surface area contributed by atoms with E-state index in [0.29, 0.717) is 0 Å².